The molecule has 0 spiro atoms. The molecule has 0 unspecified atom stereocenters. The van der Waals surface area contributed by atoms with Crippen LogP contribution in [-0.4, -0.2) is 39.9 Å². The number of amides is 1. The van der Waals surface area contributed by atoms with Crippen molar-refractivity contribution in [2.75, 3.05) is 13.1 Å². The fraction of sp³-hybridized carbons (Fsp3) is 0.286. The molecule has 1 N–H and O–H groups in total. The third-order valence-electron chi connectivity index (χ3n) is 5.41. The van der Waals surface area contributed by atoms with Crippen molar-refractivity contribution in [1.82, 2.24) is 20.2 Å². The van der Waals surface area contributed by atoms with Crippen LogP contribution in [0.1, 0.15) is 28.8 Å². The molecule has 2 aromatic heterocycles. The first-order valence-electron chi connectivity index (χ1n) is 9.16. The van der Waals surface area contributed by atoms with Gasteiger partial charge in [0.05, 0.1) is 5.69 Å². The minimum atomic E-state index is 0.161. The van der Waals surface area contributed by atoms with Crippen molar-refractivity contribution in [2.45, 2.75) is 25.4 Å². The van der Waals surface area contributed by atoms with Gasteiger partial charge in [-0.05, 0) is 61.3 Å². The van der Waals surface area contributed by atoms with Gasteiger partial charge in [0.15, 0.2) is 5.65 Å². The van der Waals surface area contributed by atoms with Gasteiger partial charge in [0.2, 0.25) is 0 Å². The molecule has 26 heavy (non-hydrogen) atoms. The highest BCUT2D eigenvalue weighted by Crippen LogP contribution is 2.30. The quantitative estimate of drug-likeness (QED) is 0.776. The highest BCUT2D eigenvalue weighted by molar-refractivity contribution is 5.99. The Bertz CT molecular complexity index is 994. The SMILES string of the molecule is O=C1c2ccc(-c3ccc4cccnc4n3)cc2CN1[C@H]1CCCNC1. The predicted octanol–water partition coefficient (Wildman–Crippen LogP) is 3.00. The topological polar surface area (TPSA) is 58.1 Å². The summed E-state index contributed by atoms with van der Waals surface area (Å²) in [6.45, 7) is 2.64. The highest BCUT2D eigenvalue weighted by Gasteiger charge is 2.33. The van der Waals surface area contributed by atoms with E-state index in [9.17, 15) is 4.79 Å². The van der Waals surface area contributed by atoms with Gasteiger partial charge in [0.1, 0.15) is 0 Å². The van der Waals surface area contributed by atoms with Gasteiger partial charge in [-0.3, -0.25) is 4.79 Å². The van der Waals surface area contributed by atoms with Crippen LogP contribution in [-0.2, 0) is 6.54 Å². The number of hydrogen-bond donors (Lipinski definition) is 1. The maximum absolute atomic E-state index is 12.8. The van der Waals surface area contributed by atoms with Gasteiger partial charge in [-0.25, -0.2) is 9.97 Å². The van der Waals surface area contributed by atoms with E-state index in [0.29, 0.717) is 12.6 Å². The number of nitrogens with one attached hydrogen (secondary N) is 1. The molecule has 1 amide bonds. The van der Waals surface area contributed by atoms with Crippen LogP contribution in [0.25, 0.3) is 22.3 Å². The lowest BCUT2D eigenvalue weighted by atomic mass is 10.0. The number of fused-ring (bicyclic) bond motifs is 2. The molecule has 2 aliphatic heterocycles. The lowest BCUT2D eigenvalue weighted by Gasteiger charge is -2.31. The smallest absolute Gasteiger partial charge is 0.254 e. The first-order valence-corrected chi connectivity index (χ1v) is 9.16. The lowest BCUT2D eigenvalue weighted by molar-refractivity contribution is 0.0674. The molecular weight excluding hydrogens is 324 g/mol. The Labute approximate surface area is 152 Å². The third-order valence-corrected chi connectivity index (χ3v) is 5.41. The number of piperidine rings is 1. The van der Waals surface area contributed by atoms with Crippen LogP contribution < -0.4 is 5.32 Å². The molecule has 0 saturated carbocycles. The van der Waals surface area contributed by atoms with E-state index < -0.39 is 0 Å². The first-order chi connectivity index (χ1) is 12.8. The van der Waals surface area contributed by atoms with Gasteiger partial charge in [-0.15, -0.1) is 0 Å². The van der Waals surface area contributed by atoms with E-state index in [-0.39, 0.29) is 5.91 Å². The van der Waals surface area contributed by atoms with Crippen LogP contribution in [0, 0.1) is 0 Å². The second-order valence-corrected chi connectivity index (χ2v) is 7.05. The van der Waals surface area contributed by atoms with Gasteiger partial charge >= 0.3 is 0 Å². The van der Waals surface area contributed by atoms with Crippen molar-refractivity contribution >= 4 is 16.9 Å². The van der Waals surface area contributed by atoms with Gasteiger partial charge < -0.3 is 10.2 Å². The second kappa shape index (κ2) is 6.18. The van der Waals surface area contributed by atoms with E-state index in [0.717, 1.165) is 59.3 Å². The van der Waals surface area contributed by atoms with Crippen molar-refractivity contribution in [1.29, 1.82) is 0 Å². The molecule has 3 aromatic rings. The molecule has 5 heteroatoms. The number of rotatable bonds is 2. The van der Waals surface area contributed by atoms with Crippen LogP contribution >= 0.6 is 0 Å². The standard InChI is InChI=1S/C21H20N4O/c26-21-18-7-5-15(19-8-6-14-3-1-10-23-20(14)24-19)11-16(18)13-25(21)17-4-2-9-22-12-17/h1,3,5-8,10-11,17,22H,2,4,9,12-13H2/t17-/m0/s1. The van der Waals surface area contributed by atoms with Gasteiger partial charge in [-0.2, -0.15) is 0 Å². The van der Waals surface area contributed by atoms with E-state index in [2.05, 4.69) is 21.4 Å². The average molecular weight is 344 g/mol. The zero-order valence-corrected chi connectivity index (χ0v) is 14.5. The Morgan fingerprint density at radius 3 is 3.00 bits per heavy atom. The molecule has 0 aliphatic carbocycles. The number of carbonyl (C=O) groups excluding carboxylic acids is 1. The van der Waals surface area contributed by atoms with E-state index >= 15 is 0 Å². The van der Waals surface area contributed by atoms with Crippen LogP contribution in [0.3, 0.4) is 0 Å². The second-order valence-electron chi connectivity index (χ2n) is 7.05. The number of aromatic nitrogens is 2. The first kappa shape index (κ1) is 15.5. The number of nitrogens with zero attached hydrogens (tertiary/aromatic N) is 3. The van der Waals surface area contributed by atoms with Crippen molar-refractivity contribution < 1.29 is 4.79 Å². The summed E-state index contributed by atoms with van der Waals surface area (Å²) >= 11 is 0. The number of hydrogen-bond acceptors (Lipinski definition) is 4. The molecule has 1 fully saturated rings. The van der Waals surface area contributed by atoms with Crippen molar-refractivity contribution in [3.05, 3.63) is 59.8 Å². The Balaban J connectivity index is 1.48. The molecule has 0 radical (unpaired) electrons. The molecule has 1 atom stereocenters. The minimum Gasteiger partial charge on any atom is -0.330 e. The monoisotopic (exact) mass is 344 g/mol. The van der Waals surface area contributed by atoms with Gasteiger partial charge in [0, 0.05) is 41.8 Å². The van der Waals surface area contributed by atoms with Crippen LogP contribution in [0.2, 0.25) is 0 Å². The van der Waals surface area contributed by atoms with E-state index in [4.69, 9.17) is 0 Å². The lowest BCUT2D eigenvalue weighted by Crippen LogP contribution is -2.46. The molecule has 130 valence electrons. The largest absolute Gasteiger partial charge is 0.330 e. The Morgan fingerprint density at radius 1 is 1.15 bits per heavy atom. The summed E-state index contributed by atoms with van der Waals surface area (Å²) in [5, 5.41) is 4.43. The van der Waals surface area contributed by atoms with Crippen molar-refractivity contribution in [3.63, 3.8) is 0 Å². The Hall–Kier alpha value is -2.79. The fourth-order valence-corrected chi connectivity index (χ4v) is 4.01. The molecule has 1 aromatic carbocycles. The summed E-state index contributed by atoms with van der Waals surface area (Å²) in [6.07, 6.45) is 3.97. The van der Waals surface area contributed by atoms with E-state index in [1.807, 2.05) is 41.3 Å². The zero-order valence-electron chi connectivity index (χ0n) is 14.5. The highest BCUT2D eigenvalue weighted by atomic mass is 16.2. The molecule has 1 saturated heterocycles. The number of pyridine rings is 2. The fourth-order valence-electron chi connectivity index (χ4n) is 4.01. The zero-order chi connectivity index (χ0) is 17.5. The van der Waals surface area contributed by atoms with Gasteiger partial charge in [0.25, 0.3) is 5.91 Å². The van der Waals surface area contributed by atoms with E-state index in [1.165, 1.54) is 0 Å². The van der Waals surface area contributed by atoms with Crippen LogP contribution in [0.5, 0.6) is 0 Å². The number of benzene rings is 1. The number of carbonyl (C=O) groups is 1. The average Bonchev–Trinajstić information content (AvgIpc) is 3.04. The summed E-state index contributed by atoms with van der Waals surface area (Å²) in [6, 6.07) is 14.4. The van der Waals surface area contributed by atoms with E-state index in [1.54, 1.807) is 6.20 Å². The molecule has 5 rings (SSSR count). The Kier molecular flexibility index (Phi) is 3.68. The predicted molar refractivity (Wildman–Crippen MR) is 101 cm³/mol. The van der Waals surface area contributed by atoms with Gasteiger partial charge in [-0.1, -0.05) is 6.07 Å². The molecule has 4 heterocycles. The molecular formula is C21H20N4O. The Morgan fingerprint density at radius 2 is 2.12 bits per heavy atom. The minimum absolute atomic E-state index is 0.161. The summed E-state index contributed by atoms with van der Waals surface area (Å²) < 4.78 is 0. The summed E-state index contributed by atoms with van der Waals surface area (Å²) in [5.74, 6) is 0.161. The molecule has 0 bridgehead atoms. The van der Waals surface area contributed by atoms with Crippen molar-refractivity contribution in [3.8, 4) is 11.3 Å². The summed E-state index contributed by atoms with van der Waals surface area (Å²) in [7, 11) is 0. The van der Waals surface area contributed by atoms with Crippen LogP contribution in [0.4, 0.5) is 0 Å². The molecule has 2 aliphatic rings. The molecule has 5 nitrogen and oxygen atoms in total. The normalized spacial score (nSPS) is 19.8. The maximum atomic E-state index is 12.8. The maximum Gasteiger partial charge on any atom is 0.254 e. The third kappa shape index (κ3) is 2.56. The van der Waals surface area contributed by atoms with Crippen molar-refractivity contribution in [2.24, 2.45) is 0 Å². The summed E-state index contributed by atoms with van der Waals surface area (Å²) in [4.78, 5) is 23.8. The van der Waals surface area contributed by atoms with Crippen LogP contribution in [0.15, 0.2) is 48.7 Å². The summed E-state index contributed by atoms with van der Waals surface area (Å²) in [5.41, 5.74) is 4.60.